The lowest BCUT2D eigenvalue weighted by atomic mass is 10.1. The molecule has 0 aliphatic rings. The number of aromatic nitrogens is 3. The van der Waals surface area contributed by atoms with Gasteiger partial charge in [0.1, 0.15) is 5.75 Å². The maximum Gasteiger partial charge on any atom is 0.255 e. The van der Waals surface area contributed by atoms with Gasteiger partial charge in [0.05, 0.1) is 0 Å². The number of nitrogens with zero attached hydrogens (tertiary/aromatic N) is 3. The minimum absolute atomic E-state index is 0.201. The van der Waals surface area contributed by atoms with E-state index in [2.05, 4.69) is 20.5 Å². The fourth-order valence-electron chi connectivity index (χ4n) is 2.53. The normalized spacial score (nSPS) is 10.5. The number of rotatable bonds is 4. The SMILES string of the molecule is O=C(Nc1cccc(Oc2cccnn2)c1)c1ccc2ccncc2c1. The Morgan fingerprint density at radius 3 is 2.77 bits per heavy atom. The van der Waals surface area contributed by atoms with Gasteiger partial charge in [-0.05, 0) is 41.8 Å². The van der Waals surface area contributed by atoms with Crippen LogP contribution in [0.3, 0.4) is 0 Å². The van der Waals surface area contributed by atoms with Crippen molar-refractivity contribution < 1.29 is 9.53 Å². The summed E-state index contributed by atoms with van der Waals surface area (Å²) in [4.78, 5) is 16.6. The summed E-state index contributed by atoms with van der Waals surface area (Å²) in [7, 11) is 0. The van der Waals surface area contributed by atoms with Gasteiger partial charge in [0.2, 0.25) is 5.88 Å². The molecule has 0 atom stereocenters. The van der Waals surface area contributed by atoms with E-state index in [1.54, 1.807) is 61.1 Å². The van der Waals surface area contributed by atoms with Crippen LogP contribution in [-0.4, -0.2) is 21.1 Å². The number of benzene rings is 2. The first-order valence-corrected chi connectivity index (χ1v) is 7.99. The average molecular weight is 342 g/mol. The number of hydrogen-bond acceptors (Lipinski definition) is 5. The summed E-state index contributed by atoms with van der Waals surface area (Å²) < 4.78 is 5.63. The lowest BCUT2D eigenvalue weighted by molar-refractivity contribution is 0.102. The smallest absolute Gasteiger partial charge is 0.255 e. The highest BCUT2D eigenvalue weighted by molar-refractivity contribution is 6.06. The Balaban J connectivity index is 1.52. The van der Waals surface area contributed by atoms with Crippen molar-refractivity contribution in [3.05, 3.63) is 84.8 Å². The second kappa shape index (κ2) is 6.98. The molecule has 0 fully saturated rings. The molecule has 26 heavy (non-hydrogen) atoms. The van der Waals surface area contributed by atoms with Crippen LogP contribution in [0, 0.1) is 0 Å². The molecule has 126 valence electrons. The molecular formula is C20H14N4O2. The van der Waals surface area contributed by atoms with Crippen LogP contribution in [-0.2, 0) is 0 Å². The van der Waals surface area contributed by atoms with Gasteiger partial charge in [0.15, 0.2) is 0 Å². The molecule has 2 aromatic carbocycles. The summed E-state index contributed by atoms with van der Waals surface area (Å²) in [5, 5.41) is 12.5. The third-order valence-corrected chi connectivity index (χ3v) is 3.76. The minimum atomic E-state index is -0.201. The van der Waals surface area contributed by atoms with Gasteiger partial charge in [-0.3, -0.25) is 9.78 Å². The average Bonchev–Trinajstić information content (AvgIpc) is 2.68. The summed E-state index contributed by atoms with van der Waals surface area (Å²) in [5.74, 6) is 0.747. The van der Waals surface area contributed by atoms with Gasteiger partial charge in [-0.15, -0.1) is 5.10 Å². The summed E-state index contributed by atoms with van der Waals surface area (Å²) in [5.41, 5.74) is 1.19. The van der Waals surface area contributed by atoms with Crippen LogP contribution in [0.1, 0.15) is 10.4 Å². The molecule has 0 aliphatic heterocycles. The number of ether oxygens (including phenoxy) is 1. The number of amides is 1. The van der Waals surface area contributed by atoms with Gasteiger partial charge in [0, 0.05) is 47.4 Å². The number of fused-ring (bicyclic) bond motifs is 1. The molecule has 0 spiro atoms. The summed E-state index contributed by atoms with van der Waals surface area (Å²) in [6.07, 6.45) is 5.04. The van der Waals surface area contributed by atoms with E-state index in [9.17, 15) is 4.79 Å². The quantitative estimate of drug-likeness (QED) is 0.605. The molecule has 4 rings (SSSR count). The van der Waals surface area contributed by atoms with Crippen molar-refractivity contribution in [2.45, 2.75) is 0 Å². The standard InChI is InChI=1S/C20H14N4O2/c25-20(15-7-6-14-8-10-21-13-16(14)11-15)23-17-3-1-4-18(12-17)26-19-5-2-9-22-24-19/h1-13H,(H,23,25). The van der Waals surface area contributed by atoms with Crippen LogP contribution in [0.5, 0.6) is 11.6 Å². The van der Waals surface area contributed by atoms with Gasteiger partial charge in [-0.1, -0.05) is 12.1 Å². The monoisotopic (exact) mass is 342 g/mol. The number of anilines is 1. The van der Waals surface area contributed by atoms with Crippen molar-refractivity contribution in [2.24, 2.45) is 0 Å². The molecule has 2 heterocycles. The van der Waals surface area contributed by atoms with Gasteiger partial charge in [-0.2, -0.15) is 5.10 Å². The zero-order valence-electron chi connectivity index (χ0n) is 13.7. The lowest BCUT2D eigenvalue weighted by Gasteiger charge is -2.08. The van der Waals surface area contributed by atoms with E-state index in [0.29, 0.717) is 22.9 Å². The fourth-order valence-corrected chi connectivity index (χ4v) is 2.53. The van der Waals surface area contributed by atoms with Crippen molar-refractivity contribution in [1.29, 1.82) is 0 Å². The van der Waals surface area contributed by atoms with Crippen LogP contribution in [0.4, 0.5) is 5.69 Å². The second-order valence-corrected chi connectivity index (χ2v) is 5.58. The predicted molar refractivity (Wildman–Crippen MR) is 98.2 cm³/mol. The molecule has 6 nitrogen and oxygen atoms in total. The molecular weight excluding hydrogens is 328 g/mol. The number of hydrogen-bond donors (Lipinski definition) is 1. The Hall–Kier alpha value is -3.80. The molecule has 1 N–H and O–H groups in total. The molecule has 0 bridgehead atoms. The van der Waals surface area contributed by atoms with E-state index in [1.165, 1.54) is 0 Å². The lowest BCUT2D eigenvalue weighted by Crippen LogP contribution is -2.11. The summed E-state index contributed by atoms with van der Waals surface area (Å²) >= 11 is 0. The molecule has 0 unspecified atom stereocenters. The van der Waals surface area contributed by atoms with Crippen molar-refractivity contribution in [3.63, 3.8) is 0 Å². The highest BCUT2D eigenvalue weighted by Gasteiger charge is 2.08. The van der Waals surface area contributed by atoms with E-state index in [4.69, 9.17) is 4.74 Å². The van der Waals surface area contributed by atoms with E-state index in [1.807, 2.05) is 18.2 Å². The second-order valence-electron chi connectivity index (χ2n) is 5.58. The van der Waals surface area contributed by atoms with E-state index in [-0.39, 0.29) is 5.91 Å². The number of nitrogens with one attached hydrogen (secondary N) is 1. The van der Waals surface area contributed by atoms with Crippen LogP contribution >= 0.6 is 0 Å². The van der Waals surface area contributed by atoms with Gasteiger partial charge in [-0.25, -0.2) is 0 Å². The maximum atomic E-state index is 12.5. The Kier molecular flexibility index (Phi) is 4.22. The third-order valence-electron chi connectivity index (χ3n) is 3.76. The first-order chi connectivity index (χ1) is 12.8. The topological polar surface area (TPSA) is 77.0 Å². The van der Waals surface area contributed by atoms with Crippen molar-refractivity contribution in [3.8, 4) is 11.6 Å². The summed E-state index contributed by atoms with van der Waals surface area (Å²) in [6, 6.07) is 18.0. The van der Waals surface area contributed by atoms with Crippen LogP contribution < -0.4 is 10.1 Å². The first-order valence-electron chi connectivity index (χ1n) is 7.99. The van der Waals surface area contributed by atoms with Gasteiger partial charge in [0.25, 0.3) is 5.91 Å². The zero-order valence-corrected chi connectivity index (χ0v) is 13.7. The molecule has 4 aromatic rings. The Morgan fingerprint density at radius 2 is 1.88 bits per heavy atom. The number of carbonyl (C=O) groups excluding carboxylic acids is 1. The largest absolute Gasteiger partial charge is 0.437 e. The fraction of sp³-hybridized carbons (Fsp3) is 0. The van der Waals surface area contributed by atoms with E-state index < -0.39 is 0 Å². The molecule has 1 amide bonds. The summed E-state index contributed by atoms with van der Waals surface area (Å²) in [6.45, 7) is 0. The molecule has 6 heteroatoms. The molecule has 0 aliphatic carbocycles. The van der Waals surface area contributed by atoms with Crippen LogP contribution in [0.15, 0.2) is 79.3 Å². The highest BCUT2D eigenvalue weighted by atomic mass is 16.5. The molecule has 0 saturated carbocycles. The van der Waals surface area contributed by atoms with Crippen LogP contribution in [0.2, 0.25) is 0 Å². The molecule has 0 radical (unpaired) electrons. The Labute approximate surface area is 149 Å². The maximum absolute atomic E-state index is 12.5. The highest BCUT2D eigenvalue weighted by Crippen LogP contribution is 2.23. The number of carbonyl (C=O) groups is 1. The van der Waals surface area contributed by atoms with Crippen molar-refractivity contribution in [2.75, 3.05) is 5.32 Å². The predicted octanol–water partition coefficient (Wildman–Crippen LogP) is 4.07. The van der Waals surface area contributed by atoms with Crippen molar-refractivity contribution >= 4 is 22.4 Å². The zero-order chi connectivity index (χ0) is 17.8. The van der Waals surface area contributed by atoms with Crippen LogP contribution in [0.25, 0.3) is 10.8 Å². The third kappa shape index (κ3) is 3.49. The molecule has 2 aromatic heterocycles. The first kappa shape index (κ1) is 15.7. The minimum Gasteiger partial charge on any atom is -0.437 e. The van der Waals surface area contributed by atoms with Gasteiger partial charge >= 0.3 is 0 Å². The van der Waals surface area contributed by atoms with E-state index in [0.717, 1.165) is 10.8 Å². The molecule has 0 saturated heterocycles. The van der Waals surface area contributed by atoms with Gasteiger partial charge < -0.3 is 10.1 Å². The Bertz CT molecular complexity index is 1070. The Morgan fingerprint density at radius 1 is 0.923 bits per heavy atom. The van der Waals surface area contributed by atoms with E-state index >= 15 is 0 Å². The number of pyridine rings is 1. The van der Waals surface area contributed by atoms with Crippen molar-refractivity contribution in [1.82, 2.24) is 15.2 Å².